The van der Waals surface area contributed by atoms with Crippen LogP contribution in [0.2, 0.25) is 0 Å². The van der Waals surface area contributed by atoms with Crippen molar-refractivity contribution >= 4 is 34.5 Å². The van der Waals surface area contributed by atoms with Crippen molar-refractivity contribution in [2.45, 2.75) is 13.3 Å². The molecule has 0 aliphatic heterocycles. The first kappa shape index (κ1) is 14.3. The highest BCUT2D eigenvalue weighted by atomic mass is 32.1. The van der Waals surface area contributed by atoms with Gasteiger partial charge in [-0.3, -0.25) is 0 Å². The van der Waals surface area contributed by atoms with Gasteiger partial charge >= 0.3 is 0 Å². The van der Waals surface area contributed by atoms with Gasteiger partial charge < -0.3 is 20.9 Å². The largest absolute Gasteiger partial charge is 0.393 e. The Morgan fingerprint density at radius 2 is 2.18 bits per heavy atom. The van der Waals surface area contributed by atoms with E-state index in [1.165, 1.54) is 11.2 Å². The predicted octanol–water partition coefficient (Wildman–Crippen LogP) is 2.81. The zero-order valence-electron chi connectivity index (χ0n) is 12.0. The Morgan fingerprint density at radius 1 is 1.32 bits per heavy atom. The van der Waals surface area contributed by atoms with E-state index in [1.807, 2.05) is 13.0 Å². The molecule has 0 unspecified atom stereocenters. The Hall–Kier alpha value is -2.61. The van der Waals surface area contributed by atoms with Crippen molar-refractivity contribution in [1.82, 2.24) is 15.1 Å². The smallest absolute Gasteiger partial charge is 0.175 e. The molecule has 8 heteroatoms. The lowest BCUT2D eigenvalue weighted by atomic mass is 10.3. The van der Waals surface area contributed by atoms with Crippen LogP contribution < -0.4 is 16.4 Å². The second-order valence-electron chi connectivity index (χ2n) is 4.69. The van der Waals surface area contributed by atoms with E-state index in [0.29, 0.717) is 28.9 Å². The summed E-state index contributed by atoms with van der Waals surface area (Å²) in [6.45, 7) is 2.57. The summed E-state index contributed by atoms with van der Waals surface area (Å²) in [4.78, 5) is 9.63. The second-order valence-corrected chi connectivity index (χ2v) is 5.72. The fourth-order valence-corrected chi connectivity index (χ4v) is 2.65. The van der Waals surface area contributed by atoms with Gasteiger partial charge in [-0.2, -0.15) is 0 Å². The molecule has 22 heavy (non-hydrogen) atoms. The molecule has 3 aromatic rings. The predicted molar refractivity (Wildman–Crippen MR) is 87.5 cm³/mol. The number of nitrogens with two attached hydrogens (primary N) is 1. The van der Waals surface area contributed by atoms with Crippen LogP contribution in [0.15, 0.2) is 34.4 Å². The molecule has 0 saturated heterocycles. The lowest BCUT2D eigenvalue weighted by molar-refractivity contribution is 0.400. The molecule has 3 heterocycles. The van der Waals surface area contributed by atoms with Crippen molar-refractivity contribution in [2.24, 2.45) is 0 Å². The summed E-state index contributed by atoms with van der Waals surface area (Å²) in [7, 11) is 0. The molecule has 4 N–H and O–H groups in total. The monoisotopic (exact) mass is 316 g/mol. The Morgan fingerprint density at radius 3 is 2.91 bits per heavy atom. The molecule has 7 nitrogen and oxygen atoms in total. The molecular weight excluding hydrogens is 300 g/mol. The summed E-state index contributed by atoms with van der Waals surface area (Å²) in [6.07, 6.45) is 2.38. The zero-order valence-corrected chi connectivity index (χ0v) is 12.9. The van der Waals surface area contributed by atoms with Crippen LogP contribution in [0.1, 0.15) is 10.6 Å². The number of nitrogen functional groups attached to an aromatic ring is 1. The molecule has 0 fully saturated rings. The van der Waals surface area contributed by atoms with Gasteiger partial charge in [0.15, 0.2) is 17.5 Å². The maximum atomic E-state index is 6.09. The van der Waals surface area contributed by atoms with Crippen molar-refractivity contribution in [3.8, 4) is 0 Å². The first-order chi connectivity index (χ1) is 10.7. The maximum Gasteiger partial charge on any atom is 0.175 e. The first-order valence-corrected chi connectivity index (χ1v) is 7.67. The van der Waals surface area contributed by atoms with Gasteiger partial charge in [0.1, 0.15) is 17.8 Å². The number of rotatable bonds is 6. The molecule has 0 aliphatic rings. The van der Waals surface area contributed by atoms with Gasteiger partial charge in [-0.1, -0.05) is 11.2 Å². The average Bonchev–Trinajstić information content (AvgIpc) is 3.15. The molecule has 0 aromatic carbocycles. The number of thiophene rings is 1. The molecular formula is C14H16N6OS. The van der Waals surface area contributed by atoms with Crippen LogP contribution >= 0.6 is 11.3 Å². The standard InChI is InChI=1S/C14H16N6OS/c1-9-7-11(20-21-9)19-14-12(15)13(17-8-18-14)16-5-4-10-3-2-6-22-10/h2-3,6-8H,4-5,15H2,1H3,(H2,16,17,18,19,20). The summed E-state index contributed by atoms with van der Waals surface area (Å²) in [6, 6.07) is 5.92. The summed E-state index contributed by atoms with van der Waals surface area (Å²) in [5.41, 5.74) is 6.54. The minimum absolute atomic E-state index is 0.453. The van der Waals surface area contributed by atoms with Crippen LogP contribution in [-0.2, 0) is 6.42 Å². The van der Waals surface area contributed by atoms with Gasteiger partial charge in [0, 0.05) is 17.5 Å². The third-order valence-corrected chi connectivity index (χ3v) is 3.94. The van der Waals surface area contributed by atoms with Gasteiger partial charge in [0.25, 0.3) is 0 Å². The van der Waals surface area contributed by atoms with Crippen molar-refractivity contribution < 1.29 is 4.52 Å². The third kappa shape index (κ3) is 3.34. The number of nitrogens with one attached hydrogen (secondary N) is 2. The summed E-state index contributed by atoms with van der Waals surface area (Å²) in [5, 5.41) is 12.2. The van der Waals surface area contributed by atoms with E-state index in [4.69, 9.17) is 10.3 Å². The van der Waals surface area contributed by atoms with Crippen molar-refractivity contribution in [1.29, 1.82) is 0 Å². The molecule has 3 rings (SSSR count). The zero-order chi connectivity index (χ0) is 15.4. The van der Waals surface area contributed by atoms with Gasteiger partial charge in [-0.15, -0.1) is 11.3 Å². The van der Waals surface area contributed by atoms with Crippen LogP contribution in [0.25, 0.3) is 0 Å². The normalized spacial score (nSPS) is 10.6. The van der Waals surface area contributed by atoms with Gasteiger partial charge in [0.05, 0.1) is 0 Å². The molecule has 0 spiro atoms. The van der Waals surface area contributed by atoms with Crippen molar-refractivity contribution in [3.05, 3.63) is 40.5 Å². The number of hydrogen-bond acceptors (Lipinski definition) is 8. The van der Waals surface area contributed by atoms with E-state index in [0.717, 1.165) is 13.0 Å². The number of hydrogen-bond donors (Lipinski definition) is 3. The van der Waals surface area contributed by atoms with Gasteiger partial charge in [-0.25, -0.2) is 9.97 Å². The number of aromatic nitrogens is 3. The SMILES string of the molecule is Cc1cc(Nc2ncnc(NCCc3cccs3)c2N)no1. The lowest BCUT2D eigenvalue weighted by Crippen LogP contribution is -2.10. The van der Waals surface area contributed by atoms with E-state index >= 15 is 0 Å². The maximum absolute atomic E-state index is 6.09. The molecule has 0 amide bonds. The molecule has 0 saturated carbocycles. The van der Waals surface area contributed by atoms with Crippen molar-refractivity contribution in [2.75, 3.05) is 22.9 Å². The van der Waals surface area contributed by atoms with Gasteiger partial charge in [-0.05, 0) is 24.8 Å². The molecule has 0 atom stereocenters. The Labute approximate surface area is 131 Å². The Bertz CT molecular complexity index is 740. The molecule has 0 radical (unpaired) electrons. The van der Waals surface area contributed by atoms with Crippen molar-refractivity contribution in [3.63, 3.8) is 0 Å². The van der Waals surface area contributed by atoms with E-state index in [2.05, 4.69) is 37.2 Å². The van der Waals surface area contributed by atoms with Crippen LogP contribution in [0.5, 0.6) is 0 Å². The number of anilines is 4. The number of nitrogens with zero attached hydrogens (tertiary/aromatic N) is 3. The van der Waals surface area contributed by atoms with Crippen LogP contribution in [0.3, 0.4) is 0 Å². The topological polar surface area (TPSA) is 102 Å². The van der Waals surface area contributed by atoms with E-state index in [-0.39, 0.29) is 0 Å². The average molecular weight is 316 g/mol. The second kappa shape index (κ2) is 6.44. The summed E-state index contributed by atoms with van der Waals surface area (Å²) in [5.74, 6) is 2.38. The minimum atomic E-state index is 0.453. The Balaban J connectivity index is 1.66. The molecule has 114 valence electrons. The number of aryl methyl sites for hydroxylation is 1. The van der Waals surface area contributed by atoms with E-state index in [1.54, 1.807) is 17.4 Å². The first-order valence-electron chi connectivity index (χ1n) is 6.79. The minimum Gasteiger partial charge on any atom is -0.393 e. The summed E-state index contributed by atoms with van der Waals surface area (Å²) >= 11 is 1.73. The highest BCUT2D eigenvalue weighted by Gasteiger charge is 2.10. The van der Waals surface area contributed by atoms with Gasteiger partial charge in [0.2, 0.25) is 0 Å². The fraction of sp³-hybridized carbons (Fsp3) is 0.214. The van der Waals surface area contributed by atoms with Crippen LogP contribution in [-0.4, -0.2) is 21.7 Å². The summed E-state index contributed by atoms with van der Waals surface area (Å²) < 4.78 is 5.00. The molecule has 0 aliphatic carbocycles. The quantitative estimate of drug-likeness (QED) is 0.642. The molecule has 3 aromatic heterocycles. The highest BCUT2D eigenvalue weighted by Crippen LogP contribution is 2.25. The lowest BCUT2D eigenvalue weighted by Gasteiger charge is -2.10. The van der Waals surface area contributed by atoms with E-state index < -0.39 is 0 Å². The third-order valence-electron chi connectivity index (χ3n) is 3.00. The van der Waals surface area contributed by atoms with Crippen LogP contribution in [0.4, 0.5) is 23.1 Å². The fourth-order valence-electron chi connectivity index (χ4n) is 1.94. The molecule has 0 bridgehead atoms. The Kier molecular flexibility index (Phi) is 4.19. The van der Waals surface area contributed by atoms with E-state index in [9.17, 15) is 0 Å². The highest BCUT2D eigenvalue weighted by molar-refractivity contribution is 7.09. The van der Waals surface area contributed by atoms with Crippen LogP contribution in [0, 0.1) is 6.92 Å².